The van der Waals surface area contributed by atoms with E-state index < -0.39 is 5.91 Å². The van der Waals surface area contributed by atoms with Crippen LogP contribution in [-0.4, -0.2) is 21.9 Å². The van der Waals surface area contributed by atoms with Crippen molar-refractivity contribution in [2.45, 2.75) is 6.54 Å². The van der Waals surface area contributed by atoms with Crippen LogP contribution in [0.2, 0.25) is 10.0 Å². The number of amides is 1. The SMILES string of the molecule is O=C(Cn1nc(-c2ccc(Cl)cc2)c2ccccc2c1=O)N/N=C/c1ccc(Cl)cc1. The van der Waals surface area contributed by atoms with E-state index in [1.54, 1.807) is 48.5 Å². The van der Waals surface area contributed by atoms with E-state index in [0.29, 0.717) is 26.5 Å². The molecule has 154 valence electrons. The summed E-state index contributed by atoms with van der Waals surface area (Å²) in [5.74, 6) is -0.475. The molecule has 3 aromatic carbocycles. The second-order valence-corrected chi connectivity index (χ2v) is 7.58. The zero-order valence-corrected chi connectivity index (χ0v) is 17.6. The summed E-state index contributed by atoms with van der Waals surface area (Å²) in [6.07, 6.45) is 1.49. The number of nitrogens with zero attached hydrogens (tertiary/aromatic N) is 3. The third-order valence-electron chi connectivity index (χ3n) is 4.55. The number of nitrogens with one attached hydrogen (secondary N) is 1. The fourth-order valence-corrected chi connectivity index (χ4v) is 3.31. The van der Waals surface area contributed by atoms with E-state index in [-0.39, 0.29) is 12.1 Å². The lowest BCUT2D eigenvalue weighted by atomic mass is 10.1. The molecule has 0 saturated heterocycles. The number of fused-ring (bicyclic) bond motifs is 1. The first-order valence-corrected chi connectivity index (χ1v) is 10.1. The summed E-state index contributed by atoms with van der Waals surface area (Å²) in [4.78, 5) is 25.3. The number of hydrogen-bond donors (Lipinski definition) is 1. The lowest BCUT2D eigenvalue weighted by Gasteiger charge is -2.11. The van der Waals surface area contributed by atoms with E-state index in [2.05, 4.69) is 15.6 Å². The molecule has 1 amide bonds. The van der Waals surface area contributed by atoms with E-state index in [1.807, 2.05) is 24.3 Å². The van der Waals surface area contributed by atoms with Crippen LogP contribution in [0.1, 0.15) is 5.56 Å². The van der Waals surface area contributed by atoms with Crippen molar-refractivity contribution in [3.05, 3.63) is 98.8 Å². The summed E-state index contributed by atoms with van der Waals surface area (Å²) in [5, 5.41) is 10.8. The Labute approximate surface area is 187 Å². The third kappa shape index (κ3) is 4.82. The van der Waals surface area contributed by atoms with Gasteiger partial charge in [0.25, 0.3) is 11.5 Å². The van der Waals surface area contributed by atoms with Crippen LogP contribution in [0, 0.1) is 0 Å². The van der Waals surface area contributed by atoms with Crippen molar-refractivity contribution in [3.63, 3.8) is 0 Å². The Morgan fingerprint density at radius 3 is 2.23 bits per heavy atom. The van der Waals surface area contributed by atoms with E-state index in [1.165, 1.54) is 6.21 Å². The Hall–Kier alpha value is -3.48. The maximum Gasteiger partial charge on any atom is 0.275 e. The monoisotopic (exact) mass is 450 g/mol. The number of hydrogen-bond acceptors (Lipinski definition) is 4. The van der Waals surface area contributed by atoms with Crippen LogP contribution in [0.5, 0.6) is 0 Å². The first-order chi connectivity index (χ1) is 15.0. The molecule has 0 aliphatic heterocycles. The Kier molecular flexibility index (Phi) is 6.11. The number of benzene rings is 3. The molecule has 4 rings (SSSR count). The molecule has 0 atom stereocenters. The largest absolute Gasteiger partial charge is 0.275 e. The quantitative estimate of drug-likeness (QED) is 0.358. The molecule has 4 aromatic rings. The smallest absolute Gasteiger partial charge is 0.271 e. The van der Waals surface area contributed by atoms with Crippen LogP contribution >= 0.6 is 23.2 Å². The van der Waals surface area contributed by atoms with Crippen molar-refractivity contribution >= 4 is 46.1 Å². The van der Waals surface area contributed by atoms with Crippen molar-refractivity contribution in [2.75, 3.05) is 0 Å². The molecule has 0 saturated carbocycles. The van der Waals surface area contributed by atoms with Crippen LogP contribution in [0.4, 0.5) is 0 Å². The Balaban J connectivity index is 1.62. The van der Waals surface area contributed by atoms with Crippen molar-refractivity contribution < 1.29 is 4.79 Å². The summed E-state index contributed by atoms with van der Waals surface area (Å²) < 4.78 is 1.14. The van der Waals surface area contributed by atoms with Crippen molar-refractivity contribution in [1.29, 1.82) is 0 Å². The number of carbonyl (C=O) groups excluding carboxylic acids is 1. The van der Waals surface area contributed by atoms with Gasteiger partial charge in [0.1, 0.15) is 6.54 Å². The number of hydrazone groups is 1. The molecule has 1 aromatic heterocycles. The third-order valence-corrected chi connectivity index (χ3v) is 5.06. The van der Waals surface area contributed by atoms with Crippen molar-refractivity contribution in [2.24, 2.45) is 5.10 Å². The summed E-state index contributed by atoms with van der Waals surface area (Å²) in [6.45, 7) is -0.276. The lowest BCUT2D eigenvalue weighted by Crippen LogP contribution is -2.32. The minimum Gasteiger partial charge on any atom is -0.271 e. The summed E-state index contributed by atoms with van der Waals surface area (Å²) in [6, 6.07) is 21.3. The second kappa shape index (κ2) is 9.12. The fraction of sp³-hybridized carbons (Fsp3) is 0.0435. The standard InChI is InChI=1S/C23H16Cl2N4O2/c24-17-9-5-15(6-10-17)13-26-27-21(30)14-29-23(31)20-4-2-1-3-19(20)22(28-29)16-7-11-18(25)12-8-16/h1-13H,14H2,(H,27,30)/b26-13+. The van der Waals surface area contributed by atoms with E-state index >= 15 is 0 Å². The average molecular weight is 451 g/mol. The molecule has 0 aliphatic rings. The topological polar surface area (TPSA) is 76.3 Å². The van der Waals surface area contributed by atoms with E-state index in [9.17, 15) is 9.59 Å². The Morgan fingerprint density at radius 1 is 0.935 bits per heavy atom. The van der Waals surface area contributed by atoms with Gasteiger partial charge in [0, 0.05) is 21.0 Å². The fourth-order valence-electron chi connectivity index (χ4n) is 3.06. The van der Waals surface area contributed by atoms with Crippen molar-refractivity contribution in [1.82, 2.24) is 15.2 Å². The molecule has 31 heavy (non-hydrogen) atoms. The van der Waals surface area contributed by atoms with Crippen LogP contribution in [-0.2, 0) is 11.3 Å². The highest BCUT2D eigenvalue weighted by atomic mass is 35.5. The highest BCUT2D eigenvalue weighted by Crippen LogP contribution is 2.25. The first kappa shape index (κ1) is 20.8. The van der Waals surface area contributed by atoms with Gasteiger partial charge in [0.15, 0.2) is 0 Å². The molecule has 1 N–H and O–H groups in total. The summed E-state index contributed by atoms with van der Waals surface area (Å²) >= 11 is 11.8. The number of halogens is 2. The molecular formula is C23H16Cl2N4O2. The number of carbonyl (C=O) groups is 1. The van der Waals surface area contributed by atoms with Crippen LogP contribution < -0.4 is 11.0 Å². The second-order valence-electron chi connectivity index (χ2n) is 6.71. The molecule has 0 radical (unpaired) electrons. The summed E-state index contributed by atoms with van der Waals surface area (Å²) in [7, 11) is 0. The summed E-state index contributed by atoms with van der Waals surface area (Å²) in [5.41, 5.74) is 4.21. The minimum absolute atomic E-state index is 0.276. The highest BCUT2D eigenvalue weighted by molar-refractivity contribution is 6.30. The molecule has 6 nitrogen and oxygen atoms in total. The molecule has 0 spiro atoms. The molecule has 0 aliphatic carbocycles. The molecule has 1 heterocycles. The molecular weight excluding hydrogens is 435 g/mol. The van der Waals surface area contributed by atoms with Gasteiger partial charge in [-0.3, -0.25) is 9.59 Å². The Morgan fingerprint density at radius 2 is 1.55 bits per heavy atom. The van der Waals surface area contributed by atoms with Gasteiger partial charge in [-0.1, -0.05) is 65.7 Å². The molecule has 0 bridgehead atoms. The zero-order valence-electron chi connectivity index (χ0n) is 16.1. The maximum atomic E-state index is 12.9. The maximum absolute atomic E-state index is 12.9. The predicted molar refractivity (Wildman–Crippen MR) is 124 cm³/mol. The van der Waals surface area contributed by atoms with Gasteiger partial charge < -0.3 is 0 Å². The minimum atomic E-state index is -0.475. The predicted octanol–water partition coefficient (Wildman–Crippen LogP) is 4.52. The van der Waals surface area contributed by atoms with Gasteiger partial charge in [-0.2, -0.15) is 10.2 Å². The van der Waals surface area contributed by atoms with Crippen LogP contribution in [0.3, 0.4) is 0 Å². The van der Waals surface area contributed by atoms with Crippen LogP contribution in [0.15, 0.2) is 82.7 Å². The zero-order chi connectivity index (χ0) is 21.8. The lowest BCUT2D eigenvalue weighted by molar-refractivity contribution is -0.121. The highest BCUT2D eigenvalue weighted by Gasteiger charge is 2.14. The molecule has 0 fully saturated rings. The molecule has 0 unspecified atom stereocenters. The van der Waals surface area contributed by atoms with Gasteiger partial charge in [0.05, 0.1) is 17.3 Å². The van der Waals surface area contributed by atoms with E-state index in [0.717, 1.165) is 15.8 Å². The van der Waals surface area contributed by atoms with Gasteiger partial charge in [0.2, 0.25) is 0 Å². The normalized spacial score (nSPS) is 11.2. The number of aromatic nitrogens is 2. The molecule has 8 heteroatoms. The van der Waals surface area contributed by atoms with Gasteiger partial charge in [-0.25, -0.2) is 10.1 Å². The van der Waals surface area contributed by atoms with Crippen LogP contribution in [0.25, 0.3) is 22.0 Å². The van der Waals surface area contributed by atoms with Gasteiger partial charge in [-0.05, 0) is 35.9 Å². The van der Waals surface area contributed by atoms with Gasteiger partial charge in [-0.15, -0.1) is 0 Å². The van der Waals surface area contributed by atoms with Crippen molar-refractivity contribution in [3.8, 4) is 11.3 Å². The van der Waals surface area contributed by atoms with Gasteiger partial charge >= 0.3 is 0 Å². The first-order valence-electron chi connectivity index (χ1n) is 9.34. The van der Waals surface area contributed by atoms with E-state index in [4.69, 9.17) is 23.2 Å². The number of rotatable bonds is 5. The average Bonchev–Trinajstić information content (AvgIpc) is 2.78. The Bertz CT molecular complexity index is 1330.